The van der Waals surface area contributed by atoms with Crippen LogP contribution < -0.4 is 10.6 Å². The molecule has 0 aliphatic carbocycles. The first kappa shape index (κ1) is 7.03. The average molecular weight is 128 g/mol. The largest absolute Gasteiger partial charge is 0.320 e. The molecule has 0 atom stereocenters. The van der Waals surface area contributed by atoms with E-state index in [0.29, 0.717) is 0 Å². The molecular weight excluding hydrogens is 112 g/mol. The summed E-state index contributed by atoms with van der Waals surface area (Å²) in [5.74, 6) is 0.985. The van der Waals surface area contributed by atoms with Gasteiger partial charge in [0.2, 0.25) is 0 Å². The highest BCUT2D eigenvalue weighted by Crippen LogP contribution is 2.09. The van der Waals surface area contributed by atoms with E-state index in [1.54, 1.807) is 0 Å². The highest BCUT2D eigenvalue weighted by atomic mass is 14.9. The van der Waals surface area contributed by atoms with Crippen molar-refractivity contribution in [2.24, 2.45) is 5.92 Å². The van der Waals surface area contributed by atoms with E-state index in [0.717, 1.165) is 5.92 Å². The van der Waals surface area contributed by atoms with Crippen LogP contribution in [0.25, 0.3) is 0 Å². The Balaban J connectivity index is 1.80. The average Bonchev–Trinajstić information content (AvgIpc) is 1.76. The summed E-state index contributed by atoms with van der Waals surface area (Å²) in [5.41, 5.74) is 0. The van der Waals surface area contributed by atoms with Gasteiger partial charge in [-0.15, -0.1) is 0 Å². The zero-order chi connectivity index (χ0) is 6.53. The summed E-state index contributed by atoms with van der Waals surface area (Å²) >= 11 is 0. The van der Waals surface area contributed by atoms with Crippen LogP contribution in [-0.4, -0.2) is 26.7 Å². The molecule has 0 bridgehead atoms. The van der Waals surface area contributed by atoms with E-state index < -0.39 is 0 Å². The summed E-state index contributed by atoms with van der Waals surface area (Å²) in [4.78, 5) is 0. The third-order valence-electron chi connectivity index (χ3n) is 1.91. The molecule has 0 aromatic heterocycles. The van der Waals surface area contributed by atoms with Gasteiger partial charge in [-0.2, -0.15) is 0 Å². The van der Waals surface area contributed by atoms with Crippen molar-refractivity contribution in [3.05, 3.63) is 0 Å². The van der Waals surface area contributed by atoms with E-state index in [1.165, 1.54) is 32.5 Å². The van der Waals surface area contributed by atoms with E-state index >= 15 is 0 Å². The zero-order valence-electron chi connectivity index (χ0n) is 6.11. The molecule has 1 aliphatic rings. The van der Waals surface area contributed by atoms with Gasteiger partial charge in [0.25, 0.3) is 0 Å². The van der Waals surface area contributed by atoms with Gasteiger partial charge in [-0.1, -0.05) is 0 Å². The van der Waals surface area contributed by atoms with Crippen molar-refractivity contribution in [1.29, 1.82) is 0 Å². The topological polar surface area (TPSA) is 24.1 Å². The van der Waals surface area contributed by atoms with Crippen LogP contribution in [0.4, 0.5) is 0 Å². The molecule has 2 N–H and O–H groups in total. The standard InChI is InChI=1S/C7H16N2/c1-8-4-2-3-7-5-9-6-7/h7-9H,2-6H2,1H3. The third-order valence-corrected chi connectivity index (χ3v) is 1.91. The summed E-state index contributed by atoms with van der Waals surface area (Å²) in [6.07, 6.45) is 2.73. The van der Waals surface area contributed by atoms with E-state index in [2.05, 4.69) is 10.6 Å². The van der Waals surface area contributed by atoms with Crippen molar-refractivity contribution in [2.45, 2.75) is 12.8 Å². The molecule has 0 saturated carbocycles. The van der Waals surface area contributed by atoms with Crippen LogP contribution >= 0.6 is 0 Å². The molecule has 0 aromatic carbocycles. The van der Waals surface area contributed by atoms with E-state index in [1.807, 2.05) is 7.05 Å². The van der Waals surface area contributed by atoms with Crippen LogP contribution in [0, 0.1) is 5.92 Å². The molecule has 0 aromatic rings. The Labute approximate surface area is 57.0 Å². The first-order valence-corrected chi connectivity index (χ1v) is 3.79. The number of nitrogens with one attached hydrogen (secondary N) is 2. The number of hydrogen-bond donors (Lipinski definition) is 2. The summed E-state index contributed by atoms with van der Waals surface area (Å²) in [6, 6.07) is 0. The van der Waals surface area contributed by atoms with Gasteiger partial charge in [-0.25, -0.2) is 0 Å². The van der Waals surface area contributed by atoms with Gasteiger partial charge in [0, 0.05) is 0 Å². The molecule has 1 rings (SSSR count). The second-order valence-electron chi connectivity index (χ2n) is 2.77. The molecule has 0 amide bonds. The highest BCUT2D eigenvalue weighted by Gasteiger charge is 2.14. The van der Waals surface area contributed by atoms with Gasteiger partial charge in [0.15, 0.2) is 0 Å². The predicted octanol–water partition coefficient (Wildman–Crippen LogP) is 0.205. The SMILES string of the molecule is CNCCCC1CNC1. The fraction of sp³-hybridized carbons (Fsp3) is 1.00. The molecule has 2 nitrogen and oxygen atoms in total. The van der Waals surface area contributed by atoms with Crippen LogP contribution in [-0.2, 0) is 0 Å². The van der Waals surface area contributed by atoms with Crippen LogP contribution in [0.5, 0.6) is 0 Å². The van der Waals surface area contributed by atoms with Gasteiger partial charge in [0.1, 0.15) is 0 Å². The first-order chi connectivity index (χ1) is 4.43. The van der Waals surface area contributed by atoms with Crippen molar-refractivity contribution >= 4 is 0 Å². The van der Waals surface area contributed by atoms with Crippen LogP contribution in [0.1, 0.15) is 12.8 Å². The van der Waals surface area contributed by atoms with Gasteiger partial charge in [-0.05, 0) is 45.4 Å². The molecule has 0 radical (unpaired) electrons. The smallest absolute Gasteiger partial charge is 0.000825 e. The van der Waals surface area contributed by atoms with Crippen LogP contribution in [0.3, 0.4) is 0 Å². The number of hydrogen-bond acceptors (Lipinski definition) is 2. The summed E-state index contributed by atoms with van der Waals surface area (Å²) in [7, 11) is 2.01. The Morgan fingerprint density at radius 1 is 1.56 bits per heavy atom. The molecule has 1 heterocycles. The Morgan fingerprint density at radius 2 is 2.33 bits per heavy atom. The molecular formula is C7H16N2. The Kier molecular flexibility index (Phi) is 3.01. The minimum Gasteiger partial charge on any atom is -0.320 e. The Morgan fingerprint density at radius 3 is 2.78 bits per heavy atom. The normalized spacial score (nSPS) is 19.7. The Hall–Kier alpha value is -0.0800. The maximum absolute atomic E-state index is 3.27. The van der Waals surface area contributed by atoms with E-state index in [4.69, 9.17) is 0 Å². The lowest BCUT2D eigenvalue weighted by atomic mass is 9.98. The predicted molar refractivity (Wildman–Crippen MR) is 39.5 cm³/mol. The molecule has 0 unspecified atom stereocenters. The fourth-order valence-corrected chi connectivity index (χ4v) is 1.12. The maximum atomic E-state index is 3.27. The van der Waals surface area contributed by atoms with Crippen molar-refractivity contribution in [3.63, 3.8) is 0 Å². The van der Waals surface area contributed by atoms with Crippen molar-refractivity contribution in [2.75, 3.05) is 26.7 Å². The van der Waals surface area contributed by atoms with Crippen molar-refractivity contribution in [1.82, 2.24) is 10.6 Å². The fourth-order valence-electron chi connectivity index (χ4n) is 1.12. The second kappa shape index (κ2) is 3.85. The molecule has 0 spiro atoms. The summed E-state index contributed by atoms with van der Waals surface area (Å²) < 4.78 is 0. The van der Waals surface area contributed by atoms with Crippen LogP contribution in [0.2, 0.25) is 0 Å². The Bertz CT molecular complexity index is 69.3. The first-order valence-electron chi connectivity index (χ1n) is 3.79. The monoisotopic (exact) mass is 128 g/mol. The van der Waals surface area contributed by atoms with Gasteiger partial charge in [0.05, 0.1) is 0 Å². The lowest BCUT2D eigenvalue weighted by Crippen LogP contribution is -2.42. The van der Waals surface area contributed by atoms with E-state index in [-0.39, 0.29) is 0 Å². The molecule has 9 heavy (non-hydrogen) atoms. The molecule has 2 heteroatoms. The molecule has 54 valence electrons. The van der Waals surface area contributed by atoms with Crippen molar-refractivity contribution < 1.29 is 0 Å². The molecule has 1 aliphatic heterocycles. The minimum absolute atomic E-state index is 0.985. The minimum atomic E-state index is 0.985. The van der Waals surface area contributed by atoms with Gasteiger partial charge < -0.3 is 10.6 Å². The highest BCUT2D eigenvalue weighted by molar-refractivity contribution is 4.74. The van der Waals surface area contributed by atoms with Gasteiger partial charge >= 0.3 is 0 Å². The van der Waals surface area contributed by atoms with Crippen molar-refractivity contribution in [3.8, 4) is 0 Å². The summed E-state index contributed by atoms with van der Waals surface area (Å²) in [5, 5.41) is 6.42. The number of rotatable bonds is 4. The zero-order valence-corrected chi connectivity index (χ0v) is 6.11. The van der Waals surface area contributed by atoms with Gasteiger partial charge in [-0.3, -0.25) is 0 Å². The molecule has 1 saturated heterocycles. The quantitative estimate of drug-likeness (QED) is 0.529. The summed E-state index contributed by atoms with van der Waals surface area (Å²) in [6.45, 7) is 3.68. The lowest BCUT2D eigenvalue weighted by Gasteiger charge is -2.26. The van der Waals surface area contributed by atoms with E-state index in [9.17, 15) is 0 Å². The second-order valence-corrected chi connectivity index (χ2v) is 2.77. The third kappa shape index (κ3) is 2.33. The molecule has 1 fully saturated rings. The maximum Gasteiger partial charge on any atom is -0.000825 e. The van der Waals surface area contributed by atoms with Crippen LogP contribution in [0.15, 0.2) is 0 Å². The lowest BCUT2D eigenvalue weighted by molar-refractivity contribution is 0.320.